The number of benzene rings is 2. The van der Waals surface area contributed by atoms with Gasteiger partial charge >= 0.3 is 0 Å². The van der Waals surface area contributed by atoms with Crippen LogP contribution in [-0.4, -0.2) is 41.3 Å². The number of thiocarbonyl (C=S) groups is 1. The molecule has 0 saturated carbocycles. The van der Waals surface area contributed by atoms with E-state index in [1.807, 2.05) is 13.8 Å². The number of hydrogen-bond acceptors (Lipinski definition) is 6. The molecule has 10 heteroatoms. The Morgan fingerprint density at radius 2 is 2.09 bits per heavy atom. The number of nitrogens with zero attached hydrogens (tertiary/aromatic N) is 1. The number of nitrogens with one attached hydrogen (secondary N) is 1. The quantitative estimate of drug-likeness (QED) is 0.351. The molecule has 0 radical (unpaired) electrons. The number of hydrogen-bond donors (Lipinski definition) is 1. The number of ether oxygens (including phenoxy) is 2. The van der Waals surface area contributed by atoms with Gasteiger partial charge in [0, 0.05) is 17.8 Å². The Labute approximate surface area is 209 Å². The Morgan fingerprint density at radius 1 is 1.34 bits per heavy atom. The number of carbonyl (C=O) groups is 2. The van der Waals surface area contributed by atoms with Crippen LogP contribution in [0.25, 0.3) is 6.08 Å². The van der Waals surface area contributed by atoms with E-state index in [2.05, 4.69) is 21.2 Å². The molecule has 1 N–H and O–H groups in total. The molecule has 168 valence electrons. The van der Waals surface area contributed by atoms with Crippen molar-refractivity contribution in [2.75, 3.05) is 25.6 Å². The second-order valence-electron chi connectivity index (χ2n) is 6.75. The van der Waals surface area contributed by atoms with Crippen molar-refractivity contribution in [2.45, 2.75) is 13.8 Å². The lowest BCUT2D eigenvalue weighted by Gasteiger charge is -2.15. The fraction of sp³-hybridized carbons (Fsp3) is 0.227. The first-order valence-electron chi connectivity index (χ1n) is 9.57. The number of carbonyl (C=O) groups excluding carboxylic acids is 2. The molecule has 0 aliphatic carbocycles. The second-order valence-corrected chi connectivity index (χ2v) is 9.69. The third kappa shape index (κ3) is 5.64. The highest BCUT2D eigenvalue weighted by Gasteiger charge is 2.28. The summed E-state index contributed by atoms with van der Waals surface area (Å²) in [5.41, 5.74) is 2.14. The Morgan fingerprint density at radius 3 is 2.75 bits per heavy atom. The van der Waals surface area contributed by atoms with Crippen LogP contribution in [0.1, 0.15) is 18.1 Å². The lowest BCUT2D eigenvalue weighted by Crippen LogP contribution is -2.22. The summed E-state index contributed by atoms with van der Waals surface area (Å²) in [7, 11) is 1.65. The van der Waals surface area contributed by atoms with Gasteiger partial charge in [-0.25, -0.2) is 0 Å². The minimum atomic E-state index is -0.333. The van der Waals surface area contributed by atoms with Gasteiger partial charge in [-0.3, -0.25) is 14.5 Å². The van der Waals surface area contributed by atoms with Gasteiger partial charge in [-0.15, -0.1) is 0 Å². The first-order chi connectivity index (χ1) is 15.2. The molecule has 1 aliphatic rings. The highest BCUT2D eigenvalue weighted by molar-refractivity contribution is 9.10. The van der Waals surface area contributed by atoms with E-state index in [0.29, 0.717) is 42.5 Å². The molecule has 1 heterocycles. The maximum absolute atomic E-state index is 12.4. The molecule has 32 heavy (non-hydrogen) atoms. The topological polar surface area (TPSA) is 67.9 Å². The maximum atomic E-state index is 12.4. The number of amides is 2. The summed E-state index contributed by atoms with van der Waals surface area (Å²) in [5.74, 6) is 0.361. The number of halogens is 2. The van der Waals surface area contributed by atoms with Crippen LogP contribution >= 0.6 is 51.5 Å². The van der Waals surface area contributed by atoms with E-state index < -0.39 is 0 Å². The van der Waals surface area contributed by atoms with Crippen molar-refractivity contribution in [3.8, 4) is 11.5 Å². The van der Waals surface area contributed by atoms with Gasteiger partial charge < -0.3 is 14.8 Å². The van der Waals surface area contributed by atoms with E-state index in [9.17, 15) is 9.59 Å². The van der Waals surface area contributed by atoms with Crippen molar-refractivity contribution in [1.29, 1.82) is 0 Å². The molecule has 2 amide bonds. The molecule has 3 rings (SSSR count). The highest BCUT2D eigenvalue weighted by atomic mass is 79.9. The van der Waals surface area contributed by atoms with Gasteiger partial charge in [-0.2, -0.15) is 0 Å². The standard InChI is InChI=1S/C22H20BrClN2O4S2/c1-4-29-17-9-13(10-18-21(28)26(3)22(31)32-18)8-14(23)20(17)30-11-19(27)25-16-7-5-6-15(24)12(16)2/h5-10H,4,11H2,1-3H3,(H,25,27)/b18-10-. The minimum absolute atomic E-state index is 0.151. The second kappa shape index (κ2) is 10.7. The number of rotatable bonds is 7. The molecule has 2 aromatic carbocycles. The van der Waals surface area contributed by atoms with Crippen molar-refractivity contribution in [2.24, 2.45) is 0 Å². The van der Waals surface area contributed by atoms with Gasteiger partial charge in [0.05, 0.1) is 16.0 Å². The van der Waals surface area contributed by atoms with Crippen LogP contribution in [0.2, 0.25) is 5.02 Å². The molecular formula is C22H20BrClN2O4S2. The van der Waals surface area contributed by atoms with E-state index in [4.69, 9.17) is 33.3 Å². The number of likely N-dealkylation sites (N-methyl/N-ethyl adjacent to an activating group) is 1. The summed E-state index contributed by atoms with van der Waals surface area (Å²) in [6, 6.07) is 8.84. The number of thioether (sulfide) groups is 1. The molecule has 0 spiro atoms. The minimum Gasteiger partial charge on any atom is -0.490 e. The van der Waals surface area contributed by atoms with E-state index in [0.717, 1.165) is 11.1 Å². The van der Waals surface area contributed by atoms with E-state index >= 15 is 0 Å². The first kappa shape index (κ1) is 24.6. The third-order valence-electron chi connectivity index (χ3n) is 4.51. The van der Waals surface area contributed by atoms with Gasteiger partial charge in [-0.05, 0) is 71.2 Å². The van der Waals surface area contributed by atoms with Crippen LogP contribution < -0.4 is 14.8 Å². The van der Waals surface area contributed by atoms with Crippen molar-refractivity contribution >= 4 is 79.4 Å². The normalized spacial score (nSPS) is 14.8. The Balaban J connectivity index is 1.78. The summed E-state index contributed by atoms with van der Waals surface area (Å²) < 4.78 is 12.6. The smallest absolute Gasteiger partial charge is 0.265 e. The fourth-order valence-corrected chi connectivity index (χ4v) is 4.77. The fourth-order valence-electron chi connectivity index (χ4n) is 2.84. The van der Waals surface area contributed by atoms with Crippen molar-refractivity contribution in [3.05, 3.63) is 55.9 Å². The predicted octanol–water partition coefficient (Wildman–Crippen LogP) is 5.66. The van der Waals surface area contributed by atoms with E-state index in [-0.39, 0.29) is 18.4 Å². The van der Waals surface area contributed by atoms with Gasteiger partial charge in [0.15, 0.2) is 18.1 Å². The zero-order valence-electron chi connectivity index (χ0n) is 17.5. The van der Waals surface area contributed by atoms with Gasteiger partial charge in [0.1, 0.15) is 4.32 Å². The summed E-state index contributed by atoms with van der Waals surface area (Å²) in [6.45, 7) is 3.85. The molecule has 2 aromatic rings. The predicted molar refractivity (Wildman–Crippen MR) is 137 cm³/mol. The number of anilines is 1. The van der Waals surface area contributed by atoms with Crippen molar-refractivity contribution in [3.63, 3.8) is 0 Å². The molecule has 0 unspecified atom stereocenters. The largest absolute Gasteiger partial charge is 0.490 e. The first-order valence-corrected chi connectivity index (χ1v) is 12.0. The van der Waals surface area contributed by atoms with Gasteiger partial charge in [-0.1, -0.05) is 41.6 Å². The lowest BCUT2D eigenvalue weighted by molar-refractivity contribution is -0.121. The van der Waals surface area contributed by atoms with Crippen LogP contribution in [-0.2, 0) is 9.59 Å². The molecule has 1 saturated heterocycles. The molecule has 1 aliphatic heterocycles. The summed E-state index contributed by atoms with van der Waals surface area (Å²) in [4.78, 5) is 26.7. The Bertz CT molecular complexity index is 1120. The summed E-state index contributed by atoms with van der Waals surface area (Å²) >= 11 is 16.0. The lowest BCUT2D eigenvalue weighted by atomic mass is 10.2. The van der Waals surface area contributed by atoms with Gasteiger partial charge in [0.2, 0.25) is 0 Å². The van der Waals surface area contributed by atoms with Crippen molar-refractivity contribution < 1.29 is 19.1 Å². The zero-order valence-corrected chi connectivity index (χ0v) is 21.5. The summed E-state index contributed by atoms with van der Waals surface area (Å²) in [5, 5.41) is 3.36. The van der Waals surface area contributed by atoms with Crippen LogP contribution in [0.3, 0.4) is 0 Å². The molecule has 0 bridgehead atoms. The zero-order chi connectivity index (χ0) is 23.4. The molecular weight excluding hydrogens is 536 g/mol. The van der Waals surface area contributed by atoms with Crippen LogP contribution in [0, 0.1) is 6.92 Å². The van der Waals surface area contributed by atoms with Crippen LogP contribution in [0.4, 0.5) is 5.69 Å². The molecule has 1 fully saturated rings. The average molecular weight is 556 g/mol. The van der Waals surface area contributed by atoms with E-state index in [1.54, 1.807) is 43.5 Å². The maximum Gasteiger partial charge on any atom is 0.265 e. The van der Waals surface area contributed by atoms with Crippen LogP contribution in [0.15, 0.2) is 39.7 Å². The average Bonchev–Trinajstić information content (AvgIpc) is 2.97. The molecule has 6 nitrogen and oxygen atoms in total. The van der Waals surface area contributed by atoms with Gasteiger partial charge in [0.25, 0.3) is 11.8 Å². The summed E-state index contributed by atoms with van der Waals surface area (Å²) in [6.07, 6.45) is 1.74. The highest BCUT2D eigenvalue weighted by Crippen LogP contribution is 2.39. The van der Waals surface area contributed by atoms with Crippen molar-refractivity contribution in [1.82, 2.24) is 4.90 Å². The van der Waals surface area contributed by atoms with E-state index in [1.165, 1.54) is 16.7 Å². The SMILES string of the molecule is CCOc1cc(/C=C2\SC(=S)N(C)C2=O)cc(Br)c1OCC(=O)Nc1cccc(Cl)c1C. The Kier molecular flexibility index (Phi) is 8.21. The molecule has 0 atom stereocenters. The monoisotopic (exact) mass is 554 g/mol. The third-order valence-corrected chi connectivity index (χ3v) is 6.99. The molecule has 0 aromatic heterocycles. The Hall–Kier alpha value is -2.07. The van der Waals surface area contributed by atoms with Crippen LogP contribution in [0.5, 0.6) is 11.5 Å².